The number of hydrogen-bond donors (Lipinski definition) is 0. The van der Waals surface area contributed by atoms with Crippen LogP contribution in [0, 0.1) is 5.41 Å². The molecular weight excluding hydrogens is 264 g/mol. The molecular formula is C14H17BrO. The maximum absolute atomic E-state index is 12.3. The fourth-order valence-corrected chi connectivity index (χ4v) is 2.89. The molecule has 1 aromatic rings. The lowest BCUT2D eigenvalue weighted by Gasteiger charge is -2.21. The summed E-state index contributed by atoms with van der Waals surface area (Å²) in [5, 5.41) is 0. The van der Waals surface area contributed by atoms with Crippen LogP contribution in [0.4, 0.5) is 0 Å². The van der Waals surface area contributed by atoms with E-state index in [1.54, 1.807) is 0 Å². The molecule has 1 aliphatic carbocycles. The smallest absolute Gasteiger partial charge is 0.143 e. The summed E-state index contributed by atoms with van der Waals surface area (Å²) in [5.74, 6) is 0.400. The van der Waals surface area contributed by atoms with Crippen molar-refractivity contribution in [2.24, 2.45) is 5.41 Å². The lowest BCUT2D eigenvalue weighted by Crippen LogP contribution is -2.26. The Kier molecular flexibility index (Phi) is 3.48. The highest BCUT2D eigenvalue weighted by molar-refractivity contribution is 9.10. The highest BCUT2D eigenvalue weighted by atomic mass is 79.9. The molecule has 0 radical (unpaired) electrons. The van der Waals surface area contributed by atoms with Crippen LogP contribution in [0.1, 0.15) is 38.2 Å². The van der Waals surface area contributed by atoms with Gasteiger partial charge in [-0.25, -0.2) is 0 Å². The molecule has 0 atom stereocenters. The van der Waals surface area contributed by atoms with E-state index in [-0.39, 0.29) is 5.41 Å². The Bertz CT molecular complexity index is 391. The SMILES string of the molecule is CC1(C(=O)Cc2ccccc2Br)CCCC1. The topological polar surface area (TPSA) is 17.1 Å². The zero-order valence-electron chi connectivity index (χ0n) is 9.63. The van der Waals surface area contributed by atoms with Gasteiger partial charge in [0.05, 0.1) is 0 Å². The largest absolute Gasteiger partial charge is 0.299 e. The molecule has 1 aliphatic rings. The third-order valence-corrected chi connectivity index (χ3v) is 4.46. The van der Waals surface area contributed by atoms with Crippen molar-refractivity contribution in [1.82, 2.24) is 0 Å². The Morgan fingerprint density at radius 1 is 1.31 bits per heavy atom. The van der Waals surface area contributed by atoms with Gasteiger partial charge in [-0.05, 0) is 24.5 Å². The molecule has 1 aromatic carbocycles. The first-order valence-electron chi connectivity index (χ1n) is 5.88. The molecule has 1 fully saturated rings. The molecule has 1 nitrogen and oxygen atoms in total. The summed E-state index contributed by atoms with van der Waals surface area (Å²) >= 11 is 3.50. The van der Waals surface area contributed by atoms with Crippen LogP contribution in [0.15, 0.2) is 28.7 Å². The van der Waals surface area contributed by atoms with Gasteiger partial charge in [0, 0.05) is 16.3 Å². The van der Waals surface area contributed by atoms with Crippen LogP contribution >= 0.6 is 15.9 Å². The lowest BCUT2D eigenvalue weighted by atomic mass is 9.81. The molecule has 0 aliphatic heterocycles. The van der Waals surface area contributed by atoms with Gasteiger partial charge < -0.3 is 0 Å². The minimum Gasteiger partial charge on any atom is -0.299 e. The van der Waals surface area contributed by atoms with Crippen LogP contribution < -0.4 is 0 Å². The third kappa shape index (κ3) is 2.37. The highest BCUT2D eigenvalue weighted by Crippen LogP contribution is 2.39. The summed E-state index contributed by atoms with van der Waals surface area (Å²) in [6, 6.07) is 8.00. The van der Waals surface area contributed by atoms with E-state index in [1.807, 2.05) is 24.3 Å². The molecule has 0 bridgehead atoms. The van der Waals surface area contributed by atoms with Crippen LogP contribution in [0.25, 0.3) is 0 Å². The van der Waals surface area contributed by atoms with Crippen molar-refractivity contribution in [3.63, 3.8) is 0 Å². The second-order valence-electron chi connectivity index (χ2n) is 4.96. The van der Waals surface area contributed by atoms with E-state index < -0.39 is 0 Å². The monoisotopic (exact) mass is 280 g/mol. The van der Waals surface area contributed by atoms with Crippen molar-refractivity contribution >= 4 is 21.7 Å². The third-order valence-electron chi connectivity index (χ3n) is 3.69. The first-order chi connectivity index (χ1) is 7.62. The van der Waals surface area contributed by atoms with Crippen LogP contribution in [0.2, 0.25) is 0 Å². The number of benzene rings is 1. The average Bonchev–Trinajstić information content (AvgIpc) is 2.70. The summed E-state index contributed by atoms with van der Waals surface area (Å²) in [6.45, 7) is 2.12. The van der Waals surface area contributed by atoms with Gasteiger partial charge in [0.1, 0.15) is 5.78 Å². The highest BCUT2D eigenvalue weighted by Gasteiger charge is 2.35. The number of carbonyl (C=O) groups is 1. The Morgan fingerprint density at radius 3 is 2.56 bits per heavy atom. The van der Waals surface area contributed by atoms with Crippen molar-refractivity contribution in [1.29, 1.82) is 0 Å². The average molecular weight is 281 g/mol. The number of halogens is 1. The number of hydrogen-bond acceptors (Lipinski definition) is 1. The standard InChI is InChI=1S/C14H17BrO/c1-14(8-4-5-9-14)13(16)10-11-6-2-3-7-12(11)15/h2-3,6-7H,4-5,8-10H2,1H3. The van der Waals surface area contributed by atoms with Crippen LogP contribution in [0.3, 0.4) is 0 Å². The Hall–Kier alpha value is -0.630. The van der Waals surface area contributed by atoms with Gasteiger partial charge in [0.25, 0.3) is 0 Å². The number of carbonyl (C=O) groups excluding carboxylic acids is 1. The van der Waals surface area contributed by atoms with E-state index in [0.717, 1.165) is 22.9 Å². The van der Waals surface area contributed by atoms with Crippen molar-refractivity contribution < 1.29 is 4.79 Å². The number of Topliss-reactive ketones (excluding diaryl/α,β-unsaturated/α-hetero) is 1. The second kappa shape index (κ2) is 4.70. The van der Waals surface area contributed by atoms with E-state index >= 15 is 0 Å². The first-order valence-corrected chi connectivity index (χ1v) is 6.68. The number of rotatable bonds is 3. The Morgan fingerprint density at radius 2 is 1.94 bits per heavy atom. The molecule has 0 unspecified atom stereocenters. The van der Waals surface area contributed by atoms with Gasteiger partial charge in [-0.1, -0.05) is 53.9 Å². The molecule has 1 saturated carbocycles. The zero-order valence-corrected chi connectivity index (χ0v) is 11.2. The Balaban J connectivity index is 2.10. The van der Waals surface area contributed by atoms with E-state index in [1.165, 1.54) is 12.8 Å². The van der Waals surface area contributed by atoms with Crippen molar-refractivity contribution in [3.8, 4) is 0 Å². The molecule has 0 saturated heterocycles. The zero-order chi connectivity index (χ0) is 11.6. The molecule has 0 spiro atoms. The molecule has 0 N–H and O–H groups in total. The molecule has 2 rings (SSSR count). The van der Waals surface area contributed by atoms with Gasteiger partial charge in [-0.15, -0.1) is 0 Å². The van der Waals surface area contributed by atoms with Crippen LogP contribution in [0.5, 0.6) is 0 Å². The van der Waals surface area contributed by atoms with Gasteiger partial charge in [0.2, 0.25) is 0 Å². The predicted molar refractivity (Wildman–Crippen MR) is 69.4 cm³/mol. The summed E-state index contributed by atoms with van der Waals surface area (Å²) in [4.78, 5) is 12.3. The van der Waals surface area contributed by atoms with Gasteiger partial charge in [-0.3, -0.25) is 4.79 Å². The predicted octanol–water partition coefficient (Wildman–Crippen LogP) is 4.14. The summed E-state index contributed by atoms with van der Waals surface area (Å²) < 4.78 is 1.05. The minimum absolute atomic E-state index is 0.0602. The fourth-order valence-electron chi connectivity index (χ4n) is 2.46. The van der Waals surface area contributed by atoms with Crippen molar-refractivity contribution in [2.45, 2.75) is 39.0 Å². The summed E-state index contributed by atoms with van der Waals surface area (Å²) in [7, 11) is 0. The second-order valence-corrected chi connectivity index (χ2v) is 5.81. The van der Waals surface area contributed by atoms with E-state index in [2.05, 4.69) is 22.9 Å². The van der Waals surface area contributed by atoms with Crippen LogP contribution in [-0.4, -0.2) is 5.78 Å². The molecule has 0 heterocycles. The maximum Gasteiger partial charge on any atom is 0.143 e. The summed E-state index contributed by atoms with van der Waals surface area (Å²) in [6.07, 6.45) is 5.11. The Labute approximate surface area is 105 Å². The first kappa shape index (κ1) is 11.8. The minimum atomic E-state index is -0.0602. The van der Waals surface area contributed by atoms with E-state index in [9.17, 15) is 4.79 Å². The quantitative estimate of drug-likeness (QED) is 0.813. The molecule has 16 heavy (non-hydrogen) atoms. The maximum atomic E-state index is 12.3. The molecule has 2 heteroatoms. The molecule has 86 valence electrons. The normalized spacial score (nSPS) is 18.6. The summed E-state index contributed by atoms with van der Waals surface area (Å²) in [5.41, 5.74) is 1.05. The lowest BCUT2D eigenvalue weighted by molar-refractivity contribution is -0.126. The van der Waals surface area contributed by atoms with Crippen LogP contribution in [-0.2, 0) is 11.2 Å². The van der Waals surface area contributed by atoms with Gasteiger partial charge in [-0.2, -0.15) is 0 Å². The van der Waals surface area contributed by atoms with Crippen molar-refractivity contribution in [2.75, 3.05) is 0 Å². The number of ketones is 1. The van der Waals surface area contributed by atoms with E-state index in [4.69, 9.17) is 0 Å². The van der Waals surface area contributed by atoms with Gasteiger partial charge in [0.15, 0.2) is 0 Å². The van der Waals surface area contributed by atoms with Gasteiger partial charge >= 0.3 is 0 Å². The molecule has 0 amide bonds. The van der Waals surface area contributed by atoms with Crippen molar-refractivity contribution in [3.05, 3.63) is 34.3 Å². The van der Waals surface area contributed by atoms with E-state index in [0.29, 0.717) is 12.2 Å². The fraction of sp³-hybridized carbons (Fsp3) is 0.500. The molecule has 0 aromatic heterocycles.